The first kappa shape index (κ1) is 24.0. The van der Waals surface area contributed by atoms with E-state index in [0.29, 0.717) is 35.3 Å². The zero-order valence-corrected chi connectivity index (χ0v) is 20.8. The molecule has 2 aromatic carbocycles. The number of aromatic amines is 1. The van der Waals surface area contributed by atoms with Crippen LogP contribution in [0.3, 0.4) is 0 Å². The van der Waals surface area contributed by atoms with Crippen LogP contribution in [0.5, 0.6) is 11.5 Å². The van der Waals surface area contributed by atoms with Gasteiger partial charge in [0.05, 0.1) is 12.1 Å². The Labute approximate surface area is 205 Å². The van der Waals surface area contributed by atoms with E-state index >= 15 is 0 Å². The van der Waals surface area contributed by atoms with E-state index in [-0.39, 0.29) is 12.4 Å². The lowest BCUT2D eigenvalue weighted by atomic mass is 10.1. The third-order valence-electron chi connectivity index (χ3n) is 5.87. The molecule has 3 aromatic rings. The molecule has 34 heavy (non-hydrogen) atoms. The Balaban J connectivity index is 1.53. The maximum atomic E-state index is 12.9. The van der Waals surface area contributed by atoms with Crippen LogP contribution in [0.4, 0.5) is 0 Å². The molecule has 0 fully saturated rings. The smallest absolute Gasteiger partial charge is 0.253 e. The summed E-state index contributed by atoms with van der Waals surface area (Å²) in [6.45, 7) is 5.20. The van der Waals surface area contributed by atoms with Gasteiger partial charge in [0, 0.05) is 30.1 Å². The lowest BCUT2D eigenvalue weighted by Gasteiger charge is -2.26. The van der Waals surface area contributed by atoms with E-state index in [1.54, 1.807) is 0 Å². The number of hydrogen-bond acceptors (Lipinski definition) is 5. The van der Waals surface area contributed by atoms with Crippen molar-refractivity contribution in [3.63, 3.8) is 0 Å². The predicted octanol–water partition coefficient (Wildman–Crippen LogP) is 3.44. The average molecular weight is 481 g/mol. The molecule has 2 N–H and O–H groups in total. The van der Waals surface area contributed by atoms with Gasteiger partial charge in [-0.25, -0.2) is 0 Å². The lowest BCUT2D eigenvalue weighted by Crippen LogP contribution is -2.42. The summed E-state index contributed by atoms with van der Waals surface area (Å²) in [4.78, 5) is 20.1. The number of aromatic nitrogens is 1. The summed E-state index contributed by atoms with van der Waals surface area (Å²) < 4.78 is 10.9. The third-order valence-corrected chi connectivity index (χ3v) is 6.28. The van der Waals surface area contributed by atoms with Crippen molar-refractivity contribution >= 4 is 28.2 Å². The normalized spacial score (nSPS) is 12.4. The van der Waals surface area contributed by atoms with Crippen molar-refractivity contribution in [1.29, 1.82) is 0 Å². The van der Waals surface area contributed by atoms with E-state index < -0.39 is 0 Å². The van der Waals surface area contributed by atoms with Crippen molar-refractivity contribution in [3.8, 4) is 11.5 Å². The molecule has 0 spiro atoms. The Kier molecular flexibility index (Phi) is 7.70. The highest BCUT2D eigenvalue weighted by Crippen LogP contribution is 2.35. The van der Waals surface area contributed by atoms with E-state index in [2.05, 4.69) is 65.4 Å². The first-order valence-electron chi connectivity index (χ1n) is 11.6. The molecule has 0 aliphatic carbocycles. The fraction of sp³-hybridized carbons (Fsp3) is 0.385. The summed E-state index contributed by atoms with van der Waals surface area (Å²) in [7, 11) is 4.12. The molecule has 0 amide bonds. The van der Waals surface area contributed by atoms with Gasteiger partial charge in [0.25, 0.3) is 5.56 Å². The predicted molar refractivity (Wildman–Crippen MR) is 140 cm³/mol. The maximum Gasteiger partial charge on any atom is 0.253 e. The second kappa shape index (κ2) is 10.9. The van der Waals surface area contributed by atoms with Crippen molar-refractivity contribution in [1.82, 2.24) is 20.1 Å². The average Bonchev–Trinajstić information content (AvgIpc) is 3.25. The number of H-pyrrole nitrogens is 1. The van der Waals surface area contributed by atoms with Gasteiger partial charge in [-0.2, -0.15) is 0 Å². The van der Waals surface area contributed by atoms with Crippen LogP contribution in [0.1, 0.15) is 23.1 Å². The number of nitrogens with zero attached hydrogens (tertiary/aromatic N) is 2. The molecule has 8 heteroatoms. The van der Waals surface area contributed by atoms with Crippen LogP contribution in [0, 0.1) is 6.92 Å². The molecule has 0 radical (unpaired) electrons. The summed E-state index contributed by atoms with van der Waals surface area (Å²) in [5.41, 5.74) is 3.75. The maximum absolute atomic E-state index is 12.9. The van der Waals surface area contributed by atoms with Gasteiger partial charge in [-0.3, -0.25) is 4.79 Å². The molecule has 1 aliphatic rings. The van der Waals surface area contributed by atoms with Crippen molar-refractivity contribution in [3.05, 3.63) is 69.5 Å². The summed E-state index contributed by atoms with van der Waals surface area (Å²) in [5.74, 6) is 1.35. The Morgan fingerprint density at radius 1 is 1.12 bits per heavy atom. The summed E-state index contributed by atoms with van der Waals surface area (Å²) in [6.07, 6.45) is 1.83. The van der Waals surface area contributed by atoms with Gasteiger partial charge in [-0.05, 0) is 70.3 Å². The summed E-state index contributed by atoms with van der Waals surface area (Å²) in [6, 6.07) is 14.1. The van der Waals surface area contributed by atoms with E-state index in [1.165, 1.54) is 11.1 Å². The van der Waals surface area contributed by atoms with Crippen molar-refractivity contribution < 1.29 is 9.47 Å². The molecule has 4 rings (SSSR count). The topological polar surface area (TPSA) is 69.8 Å². The van der Waals surface area contributed by atoms with Gasteiger partial charge in [0.15, 0.2) is 16.6 Å². The van der Waals surface area contributed by atoms with Crippen molar-refractivity contribution in [2.24, 2.45) is 0 Å². The first-order valence-corrected chi connectivity index (χ1v) is 12.0. The van der Waals surface area contributed by atoms with Crippen LogP contribution >= 0.6 is 12.2 Å². The van der Waals surface area contributed by atoms with Gasteiger partial charge in [0.1, 0.15) is 0 Å². The van der Waals surface area contributed by atoms with Crippen LogP contribution in [0.25, 0.3) is 10.9 Å². The number of benzene rings is 2. The number of thiocarbonyl (C=S) groups is 1. The number of pyridine rings is 1. The molecule has 0 unspecified atom stereocenters. The van der Waals surface area contributed by atoms with Crippen LogP contribution in [0.2, 0.25) is 0 Å². The monoisotopic (exact) mass is 480 g/mol. The largest absolute Gasteiger partial charge is 0.454 e. The minimum absolute atomic E-state index is 0.123. The third kappa shape index (κ3) is 6.07. The van der Waals surface area contributed by atoms with Gasteiger partial charge in [-0.1, -0.05) is 29.8 Å². The highest BCUT2D eigenvalue weighted by Gasteiger charge is 2.17. The van der Waals surface area contributed by atoms with E-state index in [4.69, 9.17) is 21.7 Å². The number of ether oxygens (including phenoxy) is 2. The van der Waals surface area contributed by atoms with Gasteiger partial charge < -0.3 is 29.6 Å². The summed E-state index contributed by atoms with van der Waals surface area (Å²) >= 11 is 5.75. The highest BCUT2D eigenvalue weighted by molar-refractivity contribution is 7.80. The quantitative estimate of drug-likeness (QED) is 0.359. The number of hydrogen-bond donors (Lipinski definition) is 2. The SMILES string of the molecule is Cc1cccc(CCN(Cc2cc3cc4c(cc3[nH]c2=O)OCO4)C(=S)NCCCN(C)C)c1. The summed E-state index contributed by atoms with van der Waals surface area (Å²) in [5, 5.41) is 4.95. The number of aryl methyl sites for hydroxylation is 1. The van der Waals surface area contributed by atoms with Gasteiger partial charge in [-0.15, -0.1) is 0 Å². The zero-order chi connectivity index (χ0) is 24.1. The van der Waals surface area contributed by atoms with Crippen molar-refractivity contribution in [2.75, 3.05) is 40.5 Å². The molecule has 1 aliphatic heterocycles. The van der Waals surface area contributed by atoms with Crippen LogP contribution in [-0.4, -0.2) is 60.4 Å². The fourth-order valence-corrected chi connectivity index (χ4v) is 4.31. The second-order valence-electron chi connectivity index (χ2n) is 8.97. The Hall–Kier alpha value is -3.10. The van der Waals surface area contributed by atoms with E-state index in [0.717, 1.165) is 36.8 Å². The van der Waals surface area contributed by atoms with Crippen LogP contribution in [0.15, 0.2) is 47.3 Å². The number of fused-ring (bicyclic) bond motifs is 2. The van der Waals surface area contributed by atoms with Crippen LogP contribution in [-0.2, 0) is 13.0 Å². The minimum atomic E-state index is -0.123. The highest BCUT2D eigenvalue weighted by atomic mass is 32.1. The lowest BCUT2D eigenvalue weighted by molar-refractivity contribution is 0.174. The second-order valence-corrected chi connectivity index (χ2v) is 9.35. The Morgan fingerprint density at radius 2 is 1.91 bits per heavy atom. The van der Waals surface area contributed by atoms with Gasteiger partial charge in [0.2, 0.25) is 6.79 Å². The first-order chi connectivity index (χ1) is 16.4. The van der Waals surface area contributed by atoms with E-state index in [1.807, 2.05) is 18.2 Å². The van der Waals surface area contributed by atoms with Crippen molar-refractivity contribution in [2.45, 2.75) is 26.3 Å². The van der Waals surface area contributed by atoms with Gasteiger partial charge >= 0.3 is 0 Å². The Bertz CT molecular complexity index is 1220. The molecular weight excluding hydrogens is 448 g/mol. The molecular formula is C26H32N4O3S. The molecule has 7 nitrogen and oxygen atoms in total. The zero-order valence-electron chi connectivity index (χ0n) is 20.0. The Morgan fingerprint density at radius 3 is 2.68 bits per heavy atom. The minimum Gasteiger partial charge on any atom is -0.454 e. The molecule has 1 aromatic heterocycles. The molecule has 0 atom stereocenters. The molecule has 2 heterocycles. The number of nitrogens with one attached hydrogen (secondary N) is 2. The molecule has 0 saturated heterocycles. The standard InChI is InChI=1S/C26H32N4O3S/c1-18-6-4-7-19(12-18)8-11-30(26(34)27-9-5-10-29(2)3)16-21-13-20-14-23-24(33-17-32-23)15-22(20)28-25(21)31/h4,6-7,12-15H,5,8-11,16-17H2,1-3H3,(H,27,34)(H,28,31). The van der Waals surface area contributed by atoms with E-state index in [9.17, 15) is 4.79 Å². The molecule has 0 bridgehead atoms. The molecule has 0 saturated carbocycles. The fourth-order valence-electron chi connectivity index (χ4n) is 4.05. The van der Waals surface area contributed by atoms with Crippen LogP contribution < -0.4 is 20.3 Å². The molecule has 180 valence electrons. The number of rotatable bonds is 9.